The molecular weight excluding hydrogens is 232 g/mol. The molecule has 1 saturated carbocycles. The predicted molar refractivity (Wildman–Crippen MR) is 68.0 cm³/mol. The number of hydrogen-bond acceptors (Lipinski definition) is 4. The Kier molecular flexibility index (Phi) is 4.97. The third-order valence-electron chi connectivity index (χ3n) is 4.16. The summed E-state index contributed by atoms with van der Waals surface area (Å²) in [6, 6.07) is -0.0117. The molecule has 0 aromatic heterocycles. The predicted octanol–water partition coefficient (Wildman–Crippen LogP) is 0.114. The Bertz CT molecular complexity index is 285. The Morgan fingerprint density at radius 1 is 1.39 bits per heavy atom. The third-order valence-corrected chi connectivity index (χ3v) is 4.16. The van der Waals surface area contributed by atoms with Gasteiger partial charge in [-0.2, -0.15) is 0 Å². The monoisotopic (exact) mass is 256 g/mol. The van der Waals surface area contributed by atoms with Crippen LogP contribution < -0.4 is 5.73 Å². The topological polar surface area (TPSA) is 75.8 Å². The van der Waals surface area contributed by atoms with E-state index in [0.717, 1.165) is 12.8 Å². The van der Waals surface area contributed by atoms with Crippen LogP contribution in [0.5, 0.6) is 0 Å². The molecule has 0 aromatic carbocycles. The van der Waals surface area contributed by atoms with E-state index in [-0.39, 0.29) is 24.6 Å². The van der Waals surface area contributed by atoms with Crippen LogP contribution in [0.4, 0.5) is 0 Å². The number of nitrogens with zero attached hydrogens (tertiary/aromatic N) is 1. The Morgan fingerprint density at radius 2 is 2.17 bits per heavy atom. The van der Waals surface area contributed by atoms with Crippen LogP contribution in [0, 0.1) is 5.92 Å². The lowest BCUT2D eigenvalue weighted by Gasteiger charge is -2.36. The van der Waals surface area contributed by atoms with Crippen molar-refractivity contribution in [3.05, 3.63) is 0 Å². The van der Waals surface area contributed by atoms with Crippen molar-refractivity contribution in [1.29, 1.82) is 0 Å². The van der Waals surface area contributed by atoms with Crippen LogP contribution in [-0.2, 0) is 9.53 Å². The highest BCUT2D eigenvalue weighted by Gasteiger charge is 2.30. The van der Waals surface area contributed by atoms with Crippen LogP contribution in [0.2, 0.25) is 0 Å². The van der Waals surface area contributed by atoms with Crippen molar-refractivity contribution in [1.82, 2.24) is 4.90 Å². The number of amides is 1. The summed E-state index contributed by atoms with van der Waals surface area (Å²) in [5, 5.41) is 9.27. The minimum Gasteiger partial charge on any atom is -0.394 e. The first-order chi connectivity index (χ1) is 8.72. The number of aliphatic hydroxyl groups is 1. The molecule has 0 radical (unpaired) electrons. The van der Waals surface area contributed by atoms with E-state index >= 15 is 0 Å². The minimum atomic E-state index is -0.175. The van der Waals surface area contributed by atoms with Gasteiger partial charge in [0.05, 0.1) is 25.9 Å². The molecule has 1 amide bonds. The van der Waals surface area contributed by atoms with Crippen LogP contribution in [0.25, 0.3) is 0 Å². The van der Waals surface area contributed by atoms with Gasteiger partial charge in [0.25, 0.3) is 0 Å². The molecule has 1 saturated heterocycles. The summed E-state index contributed by atoms with van der Waals surface area (Å²) in [5.41, 5.74) is 6.08. The number of aliphatic hydroxyl groups excluding tert-OH is 1. The zero-order chi connectivity index (χ0) is 13.0. The molecular formula is C13H24N2O3. The molecule has 18 heavy (non-hydrogen) atoms. The second-order valence-electron chi connectivity index (χ2n) is 5.41. The van der Waals surface area contributed by atoms with Crippen LogP contribution in [0.15, 0.2) is 0 Å². The van der Waals surface area contributed by atoms with E-state index in [1.54, 1.807) is 4.90 Å². The molecule has 2 fully saturated rings. The van der Waals surface area contributed by atoms with Gasteiger partial charge in [-0.25, -0.2) is 0 Å². The van der Waals surface area contributed by atoms with Gasteiger partial charge in [-0.1, -0.05) is 12.8 Å². The fraction of sp³-hybridized carbons (Fsp3) is 0.923. The maximum Gasteiger partial charge on any atom is 0.223 e. The summed E-state index contributed by atoms with van der Waals surface area (Å²) in [5.74, 6) is 0.438. The first-order valence-electron chi connectivity index (χ1n) is 6.96. The van der Waals surface area contributed by atoms with Crippen molar-refractivity contribution in [3.8, 4) is 0 Å². The standard InChI is InChI=1S/C13H24N2O3/c14-12-4-2-1-3-10(12)7-13(17)15-5-6-18-9-11(15)8-16/h10-12,16H,1-9,14H2. The van der Waals surface area contributed by atoms with Gasteiger partial charge < -0.3 is 20.5 Å². The van der Waals surface area contributed by atoms with Crippen LogP contribution >= 0.6 is 0 Å². The molecule has 1 aliphatic heterocycles. The Hall–Kier alpha value is -0.650. The molecule has 104 valence electrons. The SMILES string of the molecule is NC1CCCCC1CC(=O)N1CCOCC1CO. The number of ether oxygens (including phenoxy) is 1. The van der Waals surface area contributed by atoms with Gasteiger partial charge in [-0.05, 0) is 18.8 Å². The van der Waals surface area contributed by atoms with Crippen molar-refractivity contribution >= 4 is 5.91 Å². The van der Waals surface area contributed by atoms with E-state index in [1.165, 1.54) is 12.8 Å². The van der Waals surface area contributed by atoms with Crippen molar-refractivity contribution in [3.63, 3.8) is 0 Å². The highest BCUT2D eigenvalue weighted by atomic mass is 16.5. The second kappa shape index (κ2) is 6.50. The average molecular weight is 256 g/mol. The van der Waals surface area contributed by atoms with Gasteiger partial charge in [-0.3, -0.25) is 4.79 Å². The molecule has 3 N–H and O–H groups in total. The molecule has 1 aliphatic carbocycles. The smallest absolute Gasteiger partial charge is 0.223 e. The van der Waals surface area contributed by atoms with E-state index in [4.69, 9.17) is 10.5 Å². The molecule has 2 aliphatic rings. The zero-order valence-corrected chi connectivity index (χ0v) is 10.9. The van der Waals surface area contributed by atoms with Crippen molar-refractivity contribution in [2.45, 2.75) is 44.2 Å². The van der Waals surface area contributed by atoms with Gasteiger partial charge in [0.15, 0.2) is 0 Å². The zero-order valence-electron chi connectivity index (χ0n) is 10.9. The molecule has 5 nitrogen and oxygen atoms in total. The van der Waals surface area contributed by atoms with Crippen LogP contribution in [0.3, 0.4) is 0 Å². The molecule has 5 heteroatoms. The van der Waals surface area contributed by atoms with Crippen LogP contribution in [-0.4, -0.2) is 54.4 Å². The minimum absolute atomic E-state index is 0.0253. The lowest BCUT2D eigenvalue weighted by Crippen LogP contribution is -2.51. The fourth-order valence-electron chi connectivity index (χ4n) is 2.97. The maximum atomic E-state index is 12.3. The van der Waals surface area contributed by atoms with Gasteiger partial charge in [0.2, 0.25) is 5.91 Å². The largest absolute Gasteiger partial charge is 0.394 e. The molecule has 1 heterocycles. The van der Waals surface area contributed by atoms with E-state index in [0.29, 0.717) is 32.1 Å². The van der Waals surface area contributed by atoms with E-state index < -0.39 is 0 Å². The van der Waals surface area contributed by atoms with E-state index in [1.807, 2.05) is 0 Å². The molecule has 0 aromatic rings. The lowest BCUT2D eigenvalue weighted by molar-refractivity contribution is -0.143. The lowest BCUT2D eigenvalue weighted by atomic mass is 9.82. The third kappa shape index (κ3) is 3.22. The summed E-state index contributed by atoms with van der Waals surface area (Å²) in [6.07, 6.45) is 4.98. The summed E-state index contributed by atoms with van der Waals surface area (Å²) in [6.45, 7) is 1.58. The Labute approximate surface area is 108 Å². The highest BCUT2D eigenvalue weighted by molar-refractivity contribution is 5.77. The summed E-state index contributed by atoms with van der Waals surface area (Å²) >= 11 is 0. The Morgan fingerprint density at radius 3 is 2.89 bits per heavy atom. The van der Waals surface area contributed by atoms with Crippen molar-refractivity contribution in [2.24, 2.45) is 11.7 Å². The summed E-state index contributed by atoms with van der Waals surface area (Å²) < 4.78 is 5.29. The number of morpholine rings is 1. The normalized spacial score (nSPS) is 33.4. The van der Waals surface area contributed by atoms with Crippen molar-refractivity contribution < 1.29 is 14.6 Å². The van der Waals surface area contributed by atoms with E-state index in [9.17, 15) is 9.90 Å². The number of nitrogens with two attached hydrogens (primary N) is 1. The number of hydrogen-bond donors (Lipinski definition) is 2. The number of carbonyl (C=O) groups is 1. The quantitative estimate of drug-likeness (QED) is 0.751. The highest BCUT2D eigenvalue weighted by Crippen LogP contribution is 2.26. The first kappa shape index (κ1) is 13.8. The van der Waals surface area contributed by atoms with Gasteiger partial charge in [0, 0.05) is 19.0 Å². The first-order valence-corrected chi connectivity index (χ1v) is 6.96. The molecule has 3 atom stereocenters. The molecule has 0 spiro atoms. The second-order valence-corrected chi connectivity index (χ2v) is 5.41. The molecule has 0 bridgehead atoms. The van der Waals surface area contributed by atoms with Gasteiger partial charge in [0.1, 0.15) is 0 Å². The molecule has 2 rings (SSSR count). The van der Waals surface area contributed by atoms with Gasteiger partial charge >= 0.3 is 0 Å². The summed E-state index contributed by atoms with van der Waals surface area (Å²) in [7, 11) is 0. The van der Waals surface area contributed by atoms with E-state index in [2.05, 4.69) is 0 Å². The number of carbonyl (C=O) groups excluding carboxylic acids is 1. The van der Waals surface area contributed by atoms with Crippen LogP contribution in [0.1, 0.15) is 32.1 Å². The maximum absolute atomic E-state index is 12.3. The van der Waals surface area contributed by atoms with Crippen molar-refractivity contribution in [2.75, 3.05) is 26.4 Å². The average Bonchev–Trinajstić information content (AvgIpc) is 2.41. The number of rotatable bonds is 3. The fourth-order valence-corrected chi connectivity index (χ4v) is 2.97. The molecule has 3 unspecified atom stereocenters. The Balaban J connectivity index is 1.89. The van der Waals surface area contributed by atoms with Gasteiger partial charge in [-0.15, -0.1) is 0 Å². The summed E-state index contributed by atoms with van der Waals surface area (Å²) in [4.78, 5) is 14.1.